The Balaban J connectivity index is 0.00000242. The van der Waals surface area contributed by atoms with Crippen molar-refractivity contribution in [3.8, 4) is 0 Å². The van der Waals surface area contributed by atoms with Gasteiger partial charge in [-0.1, -0.05) is 32.6 Å². The fourth-order valence-electron chi connectivity index (χ4n) is 3.98. The zero-order valence-electron chi connectivity index (χ0n) is 14.4. The number of halogens is 1. The van der Waals surface area contributed by atoms with Gasteiger partial charge in [-0.05, 0) is 58.0 Å². The van der Waals surface area contributed by atoms with Gasteiger partial charge in [0.05, 0.1) is 5.92 Å². The molecule has 22 heavy (non-hydrogen) atoms. The Morgan fingerprint density at radius 2 is 1.82 bits per heavy atom. The van der Waals surface area contributed by atoms with Gasteiger partial charge in [-0.3, -0.25) is 9.69 Å². The van der Waals surface area contributed by atoms with E-state index in [1.807, 2.05) is 0 Å². The molecule has 130 valence electrons. The number of esters is 1. The Labute approximate surface area is 142 Å². The van der Waals surface area contributed by atoms with E-state index in [-0.39, 0.29) is 30.4 Å². The van der Waals surface area contributed by atoms with Crippen LogP contribution >= 0.6 is 12.4 Å². The maximum atomic E-state index is 12.6. The van der Waals surface area contributed by atoms with Gasteiger partial charge in [0.25, 0.3) is 0 Å². The highest BCUT2D eigenvalue weighted by Crippen LogP contribution is 2.35. The number of ether oxygens (including phenoxy) is 1. The summed E-state index contributed by atoms with van der Waals surface area (Å²) in [5.74, 6) is 0.832. The fraction of sp³-hybridized carbons (Fsp3) is 0.944. The van der Waals surface area contributed by atoms with Crippen LogP contribution in [-0.2, 0) is 9.53 Å². The highest BCUT2D eigenvalue weighted by molar-refractivity contribution is 5.85. The number of hydrogen-bond donors (Lipinski definition) is 0. The Hall–Kier alpha value is -0.280. The molecule has 1 saturated heterocycles. The Morgan fingerprint density at radius 1 is 1.18 bits per heavy atom. The summed E-state index contributed by atoms with van der Waals surface area (Å²) in [6, 6.07) is 0. The number of rotatable bonds is 8. The van der Waals surface area contributed by atoms with E-state index in [4.69, 9.17) is 4.74 Å². The molecule has 0 spiro atoms. The first-order valence-corrected chi connectivity index (χ1v) is 9.13. The largest absolute Gasteiger partial charge is 0.461 e. The lowest BCUT2D eigenvalue weighted by Gasteiger charge is -2.26. The van der Waals surface area contributed by atoms with Gasteiger partial charge < -0.3 is 4.74 Å². The highest BCUT2D eigenvalue weighted by atomic mass is 35.5. The molecule has 2 rings (SSSR count). The van der Waals surface area contributed by atoms with Gasteiger partial charge in [-0.2, -0.15) is 0 Å². The first-order chi connectivity index (χ1) is 10.2. The predicted octanol–water partition coefficient (Wildman–Crippen LogP) is 4.43. The Kier molecular flexibility index (Phi) is 9.42. The van der Waals surface area contributed by atoms with Crippen LogP contribution < -0.4 is 0 Å². The van der Waals surface area contributed by atoms with Crippen molar-refractivity contribution in [2.75, 3.05) is 19.6 Å². The van der Waals surface area contributed by atoms with Crippen LogP contribution in [0.25, 0.3) is 0 Å². The van der Waals surface area contributed by atoms with Gasteiger partial charge in [-0.15, -0.1) is 12.4 Å². The molecule has 2 atom stereocenters. The molecule has 2 fully saturated rings. The summed E-state index contributed by atoms with van der Waals surface area (Å²) >= 11 is 0. The van der Waals surface area contributed by atoms with E-state index in [0.717, 1.165) is 19.4 Å². The van der Waals surface area contributed by atoms with Crippen molar-refractivity contribution < 1.29 is 9.53 Å². The molecule has 0 aromatic heterocycles. The van der Waals surface area contributed by atoms with Crippen LogP contribution in [0.15, 0.2) is 0 Å². The summed E-state index contributed by atoms with van der Waals surface area (Å²) in [5, 5.41) is 0. The summed E-state index contributed by atoms with van der Waals surface area (Å²) in [6.07, 6.45) is 11.0. The molecule has 1 saturated carbocycles. The third-order valence-corrected chi connectivity index (χ3v) is 5.17. The van der Waals surface area contributed by atoms with Gasteiger partial charge >= 0.3 is 5.97 Å². The minimum Gasteiger partial charge on any atom is -0.461 e. The number of carbonyl (C=O) groups excluding carboxylic acids is 1. The number of hydrogen-bond acceptors (Lipinski definition) is 3. The highest BCUT2D eigenvalue weighted by Gasteiger charge is 2.32. The van der Waals surface area contributed by atoms with Crippen LogP contribution in [0.1, 0.15) is 71.6 Å². The van der Waals surface area contributed by atoms with Gasteiger partial charge in [0.15, 0.2) is 0 Å². The third kappa shape index (κ3) is 6.08. The molecule has 2 aliphatic rings. The lowest BCUT2D eigenvalue weighted by Crippen LogP contribution is -2.34. The molecule has 0 N–H and O–H groups in total. The number of carbonyl (C=O) groups is 1. The summed E-state index contributed by atoms with van der Waals surface area (Å²) in [5.41, 5.74) is 0. The van der Waals surface area contributed by atoms with Crippen LogP contribution in [0.4, 0.5) is 0 Å². The van der Waals surface area contributed by atoms with Gasteiger partial charge in [0, 0.05) is 6.54 Å². The molecular weight excluding hydrogens is 298 g/mol. The van der Waals surface area contributed by atoms with E-state index in [1.54, 1.807) is 0 Å². The van der Waals surface area contributed by atoms with Gasteiger partial charge in [0.1, 0.15) is 6.10 Å². The molecule has 0 bridgehead atoms. The average Bonchev–Trinajstić information content (AvgIpc) is 3.12. The third-order valence-electron chi connectivity index (χ3n) is 5.17. The summed E-state index contributed by atoms with van der Waals surface area (Å²) in [6.45, 7) is 7.51. The van der Waals surface area contributed by atoms with Crippen LogP contribution in [0.5, 0.6) is 0 Å². The van der Waals surface area contributed by atoms with Crippen LogP contribution in [-0.4, -0.2) is 36.6 Å². The zero-order chi connectivity index (χ0) is 15.1. The molecule has 0 radical (unpaired) electrons. The van der Waals surface area contributed by atoms with Crippen molar-refractivity contribution in [3.05, 3.63) is 0 Å². The fourth-order valence-corrected chi connectivity index (χ4v) is 3.98. The Bertz CT molecular complexity index is 312. The van der Waals surface area contributed by atoms with E-state index < -0.39 is 0 Å². The second kappa shape index (κ2) is 10.5. The van der Waals surface area contributed by atoms with Crippen molar-refractivity contribution in [1.29, 1.82) is 0 Å². The smallest absolute Gasteiger partial charge is 0.309 e. The molecular formula is C18H34ClNO2. The van der Waals surface area contributed by atoms with E-state index >= 15 is 0 Å². The van der Waals surface area contributed by atoms with Crippen molar-refractivity contribution in [2.24, 2.45) is 11.8 Å². The van der Waals surface area contributed by atoms with Gasteiger partial charge in [0.2, 0.25) is 0 Å². The number of nitrogens with zero attached hydrogens (tertiary/aromatic N) is 1. The van der Waals surface area contributed by atoms with Crippen molar-refractivity contribution in [2.45, 2.75) is 77.7 Å². The Morgan fingerprint density at radius 3 is 2.41 bits per heavy atom. The molecule has 0 aromatic rings. The standard InChI is InChI=1S/C18H33NO2.ClH/c1-3-4-11-17(16-9-5-6-10-16)18(20)21-15(2)14-19-12-7-8-13-19;/h15-17H,3-14H2,1-2H3;1H. The van der Waals surface area contributed by atoms with E-state index in [0.29, 0.717) is 5.92 Å². The minimum atomic E-state index is 0. The van der Waals surface area contributed by atoms with E-state index in [9.17, 15) is 4.79 Å². The topological polar surface area (TPSA) is 29.5 Å². The average molecular weight is 332 g/mol. The lowest BCUT2D eigenvalue weighted by molar-refractivity contribution is -0.156. The van der Waals surface area contributed by atoms with Crippen molar-refractivity contribution in [1.82, 2.24) is 4.90 Å². The maximum Gasteiger partial charge on any atom is 0.309 e. The monoisotopic (exact) mass is 331 g/mol. The molecule has 3 nitrogen and oxygen atoms in total. The van der Waals surface area contributed by atoms with E-state index in [2.05, 4.69) is 18.7 Å². The molecule has 1 heterocycles. The first-order valence-electron chi connectivity index (χ1n) is 9.13. The van der Waals surface area contributed by atoms with Crippen LogP contribution in [0, 0.1) is 11.8 Å². The minimum absolute atomic E-state index is 0. The second-order valence-corrected chi connectivity index (χ2v) is 7.05. The summed E-state index contributed by atoms with van der Waals surface area (Å²) in [4.78, 5) is 15.0. The number of likely N-dealkylation sites (tertiary alicyclic amines) is 1. The van der Waals surface area contributed by atoms with Crippen molar-refractivity contribution in [3.63, 3.8) is 0 Å². The van der Waals surface area contributed by atoms with Crippen LogP contribution in [0.3, 0.4) is 0 Å². The number of unbranched alkanes of at least 4 members (excludes halogenated alkanes) is 1. The molecule has 1 aliphatic carbocycles. The molecule has 2 unspecified atom stereocenters. The molecule has 1 aliphatic heterocycles. The molecule has 0 amide bonds. The van der Waals surface area contributed by atoms with Gasteiger partial charge in [-0.25, -0.2) is 0 Å². The predicted molar refractivity (Wildman–Crippen MR) is 93.4 cm³/mol. The second-order valence-electron chi connectivity index (χ2n) is 7.05. The normalized spacial score (nSPS) is 22.3. The first kappa shape index (κ1) is 19.8. The lowest BCUT2D eigenvalue weighted by atomic mass is 9.86. The quantitative estimate of drug-likeness (QED) is 0.616. The molecule has 4 heteroatoms. The van der Waals surface area contributed by atoms with Crippen LogP contribution in [0.2, 0.25) is 0 Å². The SMILES string of the molecule is CCCCC(C(=O)OC(C)CN1CCCC1)C1CCCC1.Cl. The summed E-state index contributed by atoms with van der Waals surface area (Å²) < 4.78 is 5.80. The molecule has 0 aromatic carbocycles. The van der Waals surface area contributed by atoms with E-state index in [1.165, 1.54) is 58.0 Å². The zero-order valence-corrected chi connectivity index (χ0v) is 15.2. The summed E-state index contributed by atoms with van der Waals surface area (Å²) in [7, 11) is 0. The van der Waals surface area contributed by atoms with Crippen molar-refractivity contribution >= 4 is 18.4 Å². The maximum absolute atomic E-state index is 12.6.